The summed E-state index contributed by atoms with van der Waals surface area (Å²) in [5, 5.41) is 0. The van der Waals surface area contributed by atoms with Crippen molar-refractivity contribution in [3.05, 3.63) is 29.6 Å². The van der Waals surface area contributed by atoms with Gasteiger partial charge in [0.25, 0.3) is 5.91 Å². The first-order valence-electron chi connectivity index (χ1n) is 10.3. The molecule has 3 heterocycles. The molecule has 7 nitrogen and oxygen atoms in total. The van der Waals surface area contributed by atoms with Crippen molar-refractivity contribution in [2.24, 2.45) is 0 Å². The minimum absolute atomic E-state index is 0.128. The molecule has 0 aromatic heterocycles. The largest absolute Gasteiger partial charge is 0.339 e. The van der Waals surface area contributed by atoms with Gasteiger partial charge >= 0.3 is 0 Å². The maximum Gasteiger partial charge on any atom is 0.256 e. The number of nitrogens with zero attached hydrogens (tertiary/aromatic N) is 4. The lowest BCUT2D eigenvalue weighted by Crippen LogP contribution is -2.54. The van der Waals surface area contributed by atoms with E-state index in [4.69, 9.17) is 0 Å². The highest BCUT2D eigenvalue weighted by Gasteiger charge is 2.43. The molecule has 0 N–H and O–H groups in total. The van der Waals surface area contributed by atoms with Crippen molar-refractivity contribution in [3.63, 3.8) is 0 Å². The topological polar surface area (TPSA) is 64.2 Å². The molecule has 29 heavy (non-hydrogen) atoms. The van der Waals surface area contributed by atoms with Crippen molar-refractivity contribution >= 4 is 23.4 Å². The Kier molecular flexibility index (Phi) is 5.29. The zero-order valence-corrected chi connectivity index (χ0v) is 16.9. The van der Waals surface area contributed by atoms with E-state index in [1.165, 1.54) is 28.0 Å². The van der Waals surface area contributed by atoms with Gasteiger partial charge in [-0.3, -0.25) is 19.3 Å². The van der Waals surface area contributed by atoms with E-state index in [1.54, 1.807) is 4.90 Å². The van der Waals surface area contributed by atoms with Crippen LogP contribution >= 0.6 is 0 Å². The zero-order valence-electron chi connectivity index (χ0n) is 16.9. The number of hydrogen-bond donors (Lipinski definition) is 0. The molecule has 2 saturated heterocycles. The normalized spacial score (nSPS) is 22.8. The maximum atomic E-state index is 13.9. The van der Waals surface area contributed by atoms with Crippen molar-refractivity contribution in [1.82, 2.24) is 14.7 Å². The summed E-state index contributed by atoms with van der Waals surface area (Å²) in [6.07, 6.45) is 1.30. The minimum Gasteiger partial charge on any atom is -0.339 e. The zero-order chi connectivity index (χ0) is 20.7. The number of piperazine rings is 1. The fourth-order valence-electron chi connectivity index (χ4n) is 4.52. The molecule has 0 spiro atoms. The summed E-state index contributed by atoms with van der Waals surface area (Å²) in [5.41, 5.74) is 0.477. The van der Waals surface area contributed by atoms with Gasteiger partial charge in [0.05, 0.1) is 11.3 Å². The van der Waals surface area contributed by atoms with Crippen molar-refractivity contribution in [2.75, 3.05) is 44.2 Å². The quantitative estimate of drug-likeness (QED) is 0.765. The standard InChI is InChI=1S/C21H27FN4O3/c1-14(2)23-8-10-24(11-9-23)19(27)13-26-17-6-5-15(22)12-16(17)20(28)25-7-3-4-18(25)21(26)29/h5-6,12,14,18H,3-4,7-11,13H2,1-2H3/t18-/m0/s1. The van der Waals surface area contributed by atoms with Gasteiger partial charge in [0.15, 0.2) is 0 Å². The molecule has 1 atom stereocenters. The second-order valence-corrected chi connectivity index (χ2v) is 8.25. The Morgan fingerprint density at radius 1 is 1.14 bits per heavy atom. The van der Waals surface area contributed by atoms with Gasteiger partial charge in [-0.1, -0.05) is 0 Å². The molecule has 3 amide bonds. The number of fused-ring (bicyclic) bond motifs is 2. The molecular weight excluding hydrogens is 375 g/mol. The lowest BCUT2D eigenvalue weighted by molar-refractivity contribution is -0.133. The van der Waals surface area contributed by atoms with Gasteiger partial charge in [0.1, 0.15) is 18.4 Å². The van der Waals surface area contributed by atoms with Crippen LogP contribution in [0.5, 0.6) is 0 Å². The SMILES string of the molecule is CC(C)N1CCN(C(=O)CN2C(=O)[C@@H]3CCCN3C(=O)c3cc(F)ccc32)CC1. The van der Waals surface area contributed by atoms with Gasteiger partial charge in [-0.15, -0.1) is 0 Å². The first kappa shape index (κ1) is 19.8. The van der Waals surface area contributed by atoms with Gasteiger partial charge in [0, 0.05) is 38.8 Å². The van der Waals surface area contributed by atoms with Gasteiger partial charge in [0.2, 0.25) is 11.8 Å². The van der Waals surface area contributed by atoms with Gasteiger partial charge in [-0.05, 0) is 44.9 Å². The average Bonchev–Trinajstić information content (AvgIpc) is 3.18. The van der Waals surface area contributed by atoms with Crippen molar-refractivity contribution in [2.45, 2.75) is 38.8 Å². The van der Waals surface area contributed by atoms with Crippen LogP contribution in [0.25, 0.3) is 0 Å². The molecule has 156 valence electrons. The number of anilines is 1. The van der Waals surface area contributed by atoms with Crippen LogP contribution in [0.15, 0.2) is 18.2 Å². The first-order valence-corrected chi connectivity index (χ1v) is 10.3. The Balaban J connectivity index is 1.59. The van der Waals surface area contributed by atoms with Gasteiger partial charge in [-0.25, -0.2) is 4.39 Å². The molecule has 0 bridgehead atoms. The third-order valence-electron chi connectivity index (χ3n) is 6.24. The highest BCUT2D eigenvalue weighted by atomic mass is 19.1. The lowest BCUT2D eigenvalue weighted by Gasteiger charge is -2.37. The summed E-state index contributed by atoms with van der Waals surface area (Å²) >= 11 is 0. The molecule has 4 rings (SSSR count). The molecule has 1 aromatic carbocycles. The number of rotatable bonds is 3. The van der Waals surface area contributed by atoms with Crippen LogP contribution in [0.1, 0.15) is 37.0 Å². The summed E-state index contributed by atoms with van der Waals surface area (Å²) < 4.78 is 13.9. The highest BCUT2D eigenvalue weighted by molar-refractivity contribution is 6.12. The van der Waals surface area contributed by atoms with Crippen LogP contribution in [0, 0.1) is 5.82 Å². The first-order chi connectivity index (χ1) is 13.9. The average molecular weight is 402 g/mol. The summed E-state index contributed by atoms with van der Waals surface area (Å²) in [4.78, 5) is 46.2. The van der Waals surface area contributed by atoms with E-state index < -0.39 is 11.9 Å². The molecule has 0 saturated carbocycles. The Hall–Kier alpha value is -2.48. The smallest absolute Gasteiger partial charge is 0.256 e. The van der Waals surface area contributed by atoms with Crippen LogP contribution in [0.3, 0.4) is 0 Å². The fourth-order valence-corrected chi connectivity index (χ4v) is 4.52. The summed E-state index contributed by atoms with van der Waals surface area (Å²) in [6.45, 7) is 7.44. The van der Waals surface area contributed by atoms with E-state index in [1.807, 2.05) is 0 Å². The minimum atomic E-state index is -0.580. The van der Waals surface area contributed by atoms with Gasteiger partial charge in [-0.2, -0.15) is 0 Å². The number of carbonyl (C=O) groups excluding carboxylic acids is 3. The van der Waals surface area contributed by atoms with E-state index in [0.29, 0.717) is 37.8 Å². The van der Waals surface area contributed by atoms with Crippen LogP contribution in [-0.2, 0) is 9.59 Å². The van der Waals surface area contributed by atoms with E-state index in [2.05, 4.69) is 18.7 Å². The molecular formula is C21H27FN4O3. The molecule has 0 radical (unpaired) electrons. The fraction of sp³-hybridized carbons (Fsp3) is 0.571. The van der Waals surface area contributed by atoms with E-state index in [9.17, 15) is 18.8 Å². The molecule has 0 unspecified atom stereocenters. The number of halogens is 1. The van der Waals surface area contributed by atoms with Crippen molar-refractivity contribution < 1.29 is 18.8 Å². The van der Waals surface area contributed by atoms with E-state index in [-0.39, 0.29) is 29.8 Å². The molecule has 8 heteroatoms. The monoisotopic (exact) mass is 402 g/mol. The van der Waals surface area contributed by atoms with Crippen LogP contribution in [0.4, 0.5) is 10.1 Å². The third-order valence-corrected chi connectivity index (χ3v) is 6.24. The number of carbonyl (C=O) groups is 3. The lowest BCUT2D eigenvalue weighted by atomic mass is 10.1. The summed E-state index contributed by atoms with van der Waals surface area (Å²) in [6, 6.07) is 3.69. The number of amides is 3. The van der Waals surface area contributed by atoms with Crippen molar-refractivity contribution in [1.29, 1.82) is 0 Å². The van der Waals surface area contributed by atoms with Crippen LogP contribution in [0.2, 0.25) is 0 Å². The molecule has 1 aromatic rings. The predicted octanol–water partition coefficient (Wildman–Crippen LogP) is 1.33. The van der Waals surface area contributed by atoms with Crippen LogP contribution < -0.4 is 4.90 Å². The molecule has 3 aliphatic rings. The van der Waals surface area contributed by atoms with E-state index >= 15 is 0 Å². The number of hydrogen-bond acceptors (Lipinski definition) is 4. The van der Waals surface area contributed by atoms with E-state index in [0.717, 1.165) is 19.5 Å². The summed E-state index contributed by atoms with van der Waals surface area (Å²) in [5.74, 6) is -1.26. The van der Waals surface area contributed by atoms with Crippen LogP contribution in [-0.4, -0.2) is 83.8 Å². The van der Waals surface area contributed by atoms with Crippen molar-refractivity contribution in [3.8, 4) is 0 Å². The maximum absolute atomic E-state index is 13.9. The Labute approximate surface area is 170 Å². The summed E-state index contributed by atoms with van der Waals surface area (Å²) in [7, 11) is 0. The number of benzene rings is 1. The molecule has 2 fully saturated rings. The Morgan fingerprint density at radius 3 is 2.55 bits per heavy atom. The molecule has 0 aliphatic carbocycles. The predicted molar refractivity (Wildman–Crippen MR) is 106 cm³/mol. The third kappa shape index (κ3) is 3.61. The second-order valence-electron chi connectivity index (χ2n) is 8.25. The van der Waals surface area contributed by atoms with Gasteiger partial charge < -0.3 is 14.7 Å². The molecule has 3 aliphatic heterocycles. The highest BCUT2D eigenvalue weighted by Crippen LogP contribution is 2.33. The second kappa shape index (κ2) is 7.74. The Bertz CT molecular complexity index is 835. The Morgan fingerprint density at radius 2 is 1.86 bits per heavy atom.